The number of rotatable bonds is 4. The van der Waals surface area contributed by atoms with Crippen LogP contribution in [0.15, 0.2) is 46.9 Å². The zero-order chi connectivity index (χ0) is 20.1. The second-order valence-corrected chi connectivity index (χ2v) is 7.29. The number of carbonyl (C=O) groups excluding carboxylic acids is 2. The highest BCUT2D eigenvalue weighted by atomic mass is 79.9. The fourth-order valence-electron chi connectivity index (χ4n) is 2.92. The Morgan fingerprint density at radius 3 is 2.71 bits per heavy atom. The summed E-state index contributed by atoms with van der Waals surface area (Å²) in [5.41, 5.74) is 2.08. The zero-order valence-corrected chi connectivity index (χ0v) is 17.0. The molecule has 2 aromatic carbocycles. The predicted molar refractivity (Wildman–Crippen MR) is 110 cm³/mol. The maximum Gasteiger partial charge on any atom is 0.254 e. The van der Waals surface area contributed by atoms with Gasteiger partial charge in [-0.3, -0.25) is 9.59 Å². The summed E-state index contributed by atoms with van der Waals surface area (Å²) in [4.78, 5) is 26.8. The van der Waals surface area contributed by atoms with E-state index < -0.39 is 11.7 Å². The molecule has 0 saturated carbocycles. The molecule has 1 saturated heterocycles. The van der Waals surface area contributed by atoms with Gasteiger partial charge in [0.2, 0.25) is 5.91 Å². The van der Waals surface area contributed by atoms with Crippen LogP contribution < -0.4 is 5.32 Å². The van der Waals surface area contributed by atoms with Gasteiger partial charge in [-0.2, -0.15) is 0 Å². The van der Waals surface area contributed by atoms with Crippen molar-refractivity contribution in [1.82, 2.24) is 4.90 Å². The fourth-order valence-corrected chi connectivity index (χ4v) is 3.30. The number of morpholine rings is 1. The van der Waals surface area contributed by atoms with Crippen molar-refractivity contribution in [3.63, 3.8) is 0 Å². The van der Waals surface area contributed by atoms with Gasteiger partial charge < -0.3 is 15.0 Å². The van der Waals surface area contributed by atoms with Crippen molar-refractivity contribution in [1.29, 1.82) is 0 Å². The molecule has 0 bridgehead atoms. The Hall–Kier alpha value is -2.51. The fraction of sp³-hybridized carbons (Fsp3) is 0.238. The van der Waals surface area contributed by atoms with Crippen LogP contribution in [0, 0.1) is 12.7 Å². The number of halogens is 2. The molecule has 1 fully saturated rings. The summed E-state index contributed by atoms with van der Waals surface area (Å²) in [5, 5.41) is 2.76. The van der Waals surface area contributed by atoms with Crippen LogP contribution in [-0.2, 0) is 9.53 Å². The lowest BCUT2D eigenvalue weighted by Crippen LogP contribution is -2.41. The maximum absolute atomic E-state index is 13.8. The number of ether oxygens (including phenoxy) is 1. The Labute approximate surface area is 171 Å². The molecule has 0 aliphatic carbocycles. The Morgan fingerprint density at radius 2 is 1.96 bits per heavy atom. The Bertz CT molecular complexity index is 924. The summed E-state index contributed by atoms with van der Waals surface area (Å²) in [7, 11) is 0. The molecule has 2 amide bonds. The van der Waals surface area contributed by atoms with E-state index in [9.17, 15) is 14.0 Å². The van der Waals surface area contributed by atoms with E-state index in [1.54, 1.807) is 42.2 Å². The van der Waals surface area contributed by atoms with Gasteiger partial charge in [0, 0.05) is 40.5 Å². The molecule has 0 radical (unpaired) electrons. The van der Waals surface area contributed by atoms with Gasteiger partial charge in [0.25, 0.3) is 5.91 Å². The number of amides is 2. The second-order valence-electron chi connectivity index (χ2n) is 6.37. The van der Waals surface area contributed by atoms with Crippen molar-refractivity contribution in [3.05, 3.63) is 69.5 Å². The standard InChI is InChI=1S/C21H20BrFN2O3/c1-14-17(21(27)25-9-11-28-12-10-25)3-2-4-19(14)24-20(26)8-5-15-13-16(22)6-7-18(15)23/h2-8,13H,9-12H2,1H3,(H,24,26)/b8-5+. The summed E-state index contributed by atoms with van der Waals surface area (Å²) in [5.74, 6) is -0.899. The zero-order valence-electron chi connectivity index (χ0n) is 15.4. The van der Waals surface area contributed by atoms with Gasteiger partial charge >= 0.3 is 0 Å². The molecule has 0 spiro atoms. The molecule has 0 atom stereocenters. The molecule has 5 nitrogen and oxygen atoms in total. The van der Waals surface area contributed by atoms with Crippen LogP contribution in [0.4, 0.5) is 10.1 Å². The van der Waals surface area contributed by atoms with E-state index in [1.807, 2.05) is 0 Å². The van der Waals surface area contributed by atoms with Crippen LogP contribution in [0.3, 0.4) is 0 Å². The number of benzene rings is 2. The Balaban J connectivity index is 1.73. The first-order valence-electron chi connectivity index (χ1n) is 8.86. The Kier molecular flexibility index (Phi) is 6.59. The molecule has 0 unspecified atom stereocenters. The Morgan fingerprint density at radius 1 is 1.21 bits per heavy atom. The average molecular weight is 447 g/mol. The highest BCUT2D eigenvalue weighted by Gasteiger charge is 2.21. The topological polar surface area (TPSA) is 58.6 Å². The lowest BCUT2D eigenvalue weighted by molar-refractivity contribution is -0.111. The van der Waals surface area contributed by atoms with Gasteiger partial charge in [-0.15, -0.1) is 0 Å². The summed E-state index contributed by atoms with van der Waals surface area (Å²) < 4.78 is 19.8. The highest BCUT2D eigenvalue weighted by molar-refractivity contribution is 9.10. The molecule has 1 N–H and O–H groups in total. The number of hydrogen-bond donors (Lipinski definition) is 1. The molecule has 0 aromatic heterocycles. The van der Waals surface area contributed by atoms with Gasteiger partial charge in [-0.25, -0.2) is 4.39 Å². The van der Waals surface area contributed by atoms with E-state index in [2.05, 4.69) is 21.2 Å². The van der Waals surface area contributed by atoms with E-state index in [-0.39, 0.29) is 5.91 Å². The van der Waals surface area contributed by atoms with Crippen LogP contribution in [0.5, 0.6) is 0 Å². The summed E-state index contributed by atoms with van der Waals surface area (Å²) in [6.45, 7) is 3.95. The maximum atomic E-state index is 13.8. The molecular weight excluding hydrogens is 427 g/mol. The summed E-state index contributed by atoms with van der Waals surface area (Å²) in [6.07, 6.45) is 2.67. The SMILES string of the molecule is Cc1c(NC(=O)/C=C/c2cc(Br)ccc2F)cccc1C(=O)N1CCOCC1. The molecule has 28 heavy (non-hydrogen) atoms. The predicted octanol–water partition coefficient (Wildman–Crippen LogP) is 4.02. The quantitative estimate of drug-likeness (QED) is 0.721. The van der Waals surface area contributed by atoms with Crippen molar-refractivity contribution in [2.24, 2.45) is 0 Å². The smallest absolute Gasteiger partial charge is 0.254 e. The first-order chi connectivity index (χ1) is 13.5. The van der Waals surface area contributed by atoms with E-state index in [0.717, 1.165) is 4.47 Å². The van der Waals surface area contributed by atoms with E-state index in [0.29, 0.717) is 48.7 Å². The third kappa shape index (κ3) is 4.85. The van der Waals surface area contributed by atoms with E-state index >= 15 is 0 Å². The van der Waals surface area contributed by atoms with E-state index in [4.69, 9.17) is 4.74 Å². The molecule has 1 aliphatic heterocycles. The molecule has 1 aliphatic rings. The van der Waals surface area contributed by atoms with Crippen molar-refractivity contribution < 1.29 is 18.7 Å². The lowest BCUT2D eigenvalue weighted by Gasteiger charge is -2.27. The molecular formula is C21H20BrFN2O3. The molecule has 7 heteroatoms. The minimum atomic E-state index is -0.415. The molecule has 146 valence electrons. The summed E-state index contributed by atoms with van der Waals surface area (Å²) >= 11 is 3.28. The average Bonchev–Trinajstić information content (AvgIpc) is 2.70. The number of nitrogens with one attached hydrogen (secondary N) is 1. The first-order valence-corrected chi connectivity index (χ1v) is 9.66. The number of hydrogen-bond acceptors (Lipinski definition) is 3. The first kappa shape index (κ1) is 20.2. The van der Waals surface area contributed by atoms with Gasteiger partial charge in [-0.1, -0.05) is 22.0 Å². The minimum Gasteiger partial charge on any atom is -0.378 e. The third-order valence-electron chi connectivity index (χ3n) is 4.49. The highest BCUT2D eigenvalue weighted by Crippen LogP contribution is 2.21. The van der Waals surface area contributed by atoms with Crippen LogP contribution >= 0.6 is 15.9 Å². The van der Waals surface area contributed by atoms with Crippen molar-refractivity contribution in [2.75, 3.05) is 31.6 Å². The van der Waals surface area contributed by atoms with Crippen LogP contribution in [0.25, 0.3) is 6.08 Å². The van der Waals surface area contributed by atoms with Gasteiger partial charge in [-0.05, 0) is 48.9 Å². The number of anilines is 1. The van der Waals surface area contributed by atoms with Crippen LogP contribution in [0.1, 0.15) is 21.5 Å². The third-order valence-corrected chi connectivity index (χ3v) is 4.99. The van der Waals surface area contributed by atoms with Crippen LogP contribution in [0.2, 0.25) is 0 Å². The number of nitrogens with zero attached hydrogens (tertiary/aromatic N) is 1. The van der Waals surface area contributed by atoms with E-state index in [1.165, 1.54) is 18.2 Å². The second kappa shape index (κ2) is 9.12. The summed E-state index contributed by atoms with van der Waals surface area (Å²) in [6, 6.07) is 9.71. The minimum absolute atomic E-state index is 0.0800. The largest absolute Gasteiger partial charge is 0.378 e. The van der Waals surface area contributed by atoms with Crippen molar-refractivity contribution >= 4 is 39.5 Å². The van der Waals surface area contributed by atoms with Gasteiger partial charge in [0.1, 0.15) is 5.82 Å². The van der Waals surface area contributed by atoms with Crippen LogP contribution in [-0.4, -0.2) is 43.0 Å². The molecule has 1 heterocycles. The van der Waals surface area contributed by atoms with Gasteiger partial charge in [0.05, 0.1) is 13.2 Å². The van der Waals surface area contributed by atoms with Crippen molar-refractivity contribution in [2.45, 2.75) is 6.92 Å². The molecule has 2 aromatic rings. The molecule has 3 rings (SSSR count). The van der Waals surface area contributed by atoms with Crippen molar-refractivity contribution in [3.8, 4) is 0 Å². The monoisotopic (exact) mass is 446 g/mol. The van der Waals surface area contributed by atoms with Gasteiger partial charge in [0.15, 0.2) is 0 Å². The number of carbonyl (C=O) groups is 2. The lowest BCUT2D eigenvalue weighted by atomic mass is 10.0. The normalized spacial score (nSPS) is 14.3.